The standard InChI is InChI=1S/C22H24N2O6/c1-12(2)30-17(25)11-29-20-15(5-4-6-16(20)28-3)10-23-24-21(26)18-13-7-8-14(9-13)19(18)22(24)27/h4-8,10,12-14,18-19H,9,11H2,1-3H3. The van der Waals surface area contributed by atoms with Crippen LogP contribution in [0.3, 0.4) is 0 Å². The first-order chi connectivity index (χ1) is 14.4. The number of hydrogen-bond donors (Lipinski definition) is 0. The first-order valence-corrected chi connectivity index (χ1v) is 10.00. The Morgan fingerprint density at radius 3 is 2.47 bits per heavy atom. The molecule has 0 aromatic heterocycles. The predicted molar refractivity (Wildman–Crippen MR) is 107 cm³/mol. The summed E-state index contributed by atoms with van der Waals surface area (Å²) < 4.78 is 16.0. The maximum Gasteiger partial charge on any atom is 0.344 e. The molecule has 2 fully saturated rings. The third kappa shape index (κ3) is 3.46. The van der Waals surface area contributed by atoms with Crippen molar-refractivity contribution in [3.05, 3.63) is 35.9 Å². The molecule has 4 atom stereocenters. The van der Waals surface area contributed by atoms with Gasteiger partial charge in [-0.15, -0.1) is 0 Å². The number of hydrazone groups is 1. The van der Waals surface area contributed by atoms with Gasteiger partial charge in [-0.25, -0.2) is 4.79 Å². The van der Waals surface area contributed by atoms with E-state index in [1.807, 2.05) is 12.2 Å². The normalized spacial score (nSPS) is 26.7. The first kappa shape index (κ1) is 20.1. The lowest BCUT2D eigenvalue weighted by Gasteiger charge is -2.14. The minimum absolute atomic E-state index is 0.124. The van der Waals surface area contributed by atoms with Crippen LogP contribution in [0.2, 0.25) is 0 Å². The van der Waals surface area contributed by atoms with Crippen LogP contribution in [0.1, 0.15) is 25.8 Å². The van der Waals surface area contributed by atoms with Gasteiger partial charge < -0.3 is 14.2 Å². The Bertz CT molecular complexity index is 908. The van der Waals surface area contributed by atoms with Crippen LogP contribution in [-0.4, -0.2) is 48.8 Å². The molecule has 2 amide bonds. The summed E-state index contributed by atoms with van der Waals surface area (Å²) in [5, 5.41) is 5.15. The summed E-state index contributed by atoms with van der Waals surface area (Å²) in [7, 11) is 1.48. The third-order valence-corrected chi connectivity index (χ3v) is 5.69. The Balaban J connectivity index is 1.53. The average Bonchev–Trinajstić information content (AvgIpc) is 3.39. The van der Waals surface area contributed by atoms with E-state index in [0.717, 1.165) is 11.4 Å². The third-order valence-electron chi connectivity index (χ3n) is 5.69. The van der Waals surface area contributed by atoms with Crippen LogP contribution >= 0.6 is 0 Å². The number of benzene rings is 1. The highest BCUT2D eigenvalue weighted by molar-refractivity contribution is 6.07. The molecule has 1 aromatic carbocycles. The van der Waals surface area contributed by atoms with Gasteiger partial charge in [0.15, 0.2) is 18.1 Å². The SMILES string of the molecule is COc1cccc(C=NN2C(=O)C3C4C=CC(C4)C3C2=O)c1OCC(=O)OC(C)C. The van der Waals surface area contributed by atoms with E-state index in [1.165, 1.54) is 13.3 Å². The van der Waals surface area contributed by atoms with E-state index in [-0.39, 0.29) is 53.9 Å². The van der Waals surface area contributed by atoms with Gasteiger partial charge in [0.1, 0.15) is 0 Å². The molecule has 0 N–H and O–H groups in total. The van der Waals surface area contributed by atoms with Gasteiger partial charge in [-0.2, -0.15) is 10.1 Å². The summed E-state index contributed by atoms with van der Waals surface area (Å²) in [5.74, 6) is -0.723. The van der Waals surface area contributed by atoms with Gasteiger partial charge in [0.05, 0.1) is 31.3 Å². The van der Waals surface area contributed by atoms with Crippen molar-refractivity contribution in [3.8, 4) is 11.5 Å². The number of carbonyl (C=O) groups is 3. The van der Waals surface area contributed by atoms with Crippen LogP contribution < -0.4 is 9.47 Å². The monoisotopic (exact) mass is 412 g/mol. The lowest BCUT2D eigenvalue weighted by Crippen LogP contribution is -2.28. The Morgan fingerprint density at radius 2 is 1.87 bits per heavy atom. The van der Waals surface area contributed by atoms with E-state index in [2.05, 4.69) is 5.10 Å². The van der Waals surface area contributed by atoms with Crippen LogP contribution in [-0.2, 0) is 19.1 Å². The molecule has 4 rings (SSSR count). The largest absolute Gasteiger partial charge is 0.493 e. The van der Waals surface area contributed by atoms with Crippen LogP contribution in [0.15, 0.2) is 35.5 Å². The number of carbonyl (C=O) groups excluding carboxylic acids is 3. The van der Waals surface area contributed by atoms with E-state index < -0.39 is 5.97 Å². The van der Waals surface area contributed by atoms with Crippen LogP contribution in [0.5, 0.6) is 11.5 Å². The van der Waals surface area contributed by atoms with Crippen LogP contribution in [0.25, 0.3) is 0 Å². The number of rotatable bonds is 7. The molecule has 4 unspecified atom stereocenters. The lowest BCUT2D eigenvalue weighted by molar-refractivity contribution is -0.149. The molecule has 0 radical (unpaired) electrons. The molecule has 2 bridgehead atoms. The Morgan fingerprint density at radius 1 is 1.20 bits per heavy atom. The van der Waals surface area contributed by atoms with Gasteiger partial charge in [-0.05, 0) is 44.2 Å². The Kier molecular flexibility index (Phi) is 5.32. The van der Waals surface area contributed by atoms with Crippen LogP contribution in [0.4, 0.5) is 0 Å². The molecular weight excluding hydrogens is 388 g/mol. The van der Waals surface area contributed by atoms with E-state index in [4.69, 9.17) is 14.2 Å². The highest BCUT2D eigenvalue weighted by Crippen LogP contribution is 2.52. The molecule has 30 heavy (non-hydrogen) atoms. The highest BCUT2D eigenvalue weighted by atomic mass is 16.6. The number of fused-ring (bicyclic) bond motifs is 5. The van der Waals surface area contributed by atoms with Crippen molar-refractivity contribution in [1.82, 2.24) is 5.01 Å². The zero-order valence-corrected chi connectivity index (χ0v) is 17.1. The van der Waals surface area contributed by atoms with E-state index in [0.29, 0.717) is 11.3 Å². The number of ether oxygens (including phenoxy) is 3. The fourth-order valence-electron chi connectivity index (χ4n) is 4.50. The number of nitrogens with zero attached hydrogens (tertiary/aromatic N) is 2. The lowest BCUT2D eigenvalue weighted by atomic mass is 9.85. The van der Waals surface area contributed by atoms with Crippen molar-refractivity contribution in [2.24, 2.45) is 28.8 Å². The molecule has 1 heterocycles. The van der Waals surface area contributed by atoms with Gasteiger partial charge in [-0.3, -0.25) is 9.59 Å². The summed E-state index contributed by atoms with van der Waals surface area (Å²) in [6.45, 7) is 3.20. The smallest absolute Gasteiger partial charge is 0.344 e. The summed E-state index contributed by atoms with van der Waals surface area (Å²) in [4.78, 5) is 37.4. The van der Waals surface area contributed by atoms with Crippen molar-refractivity contribution in [1.29, 1.82) is 0 Å². The summed E-state index contributed by atoms with van der Waals surface area (Å²) in [6, 6.07) is 5.11. The van der Waals surface area contributed by atoms with Crippen molar-refractivity contribution < 1.29 is 28.6 Å². The molecule has 0 spiro atoms. The van der Waals surface area contributed by atoms with Gasteiger partial charge in [0.2, 0.25) is 0 Å². The zero-order valence-electron chi connectivity index (χ0n) is 17.1. The van der Waals surface area contributed by atoms with Gasteiger partial charge in [0.25, 0.3) is 11.8 Å². The summed E-state index contributed by atoms with van der Waals surface area (Å²) in [6.07, 6.45) is 6.07. The molecule has 1 aliphatic heterocycles. The zero-order chi connectivity index (χ0) is 21.4. The van der Waals surface area contributed by atoms with Crippen LogP contribution in [0, 0.1) is 23.7 Å². The van der Waals surface area contributed by atoms with Crippen molar-refractivity contribution in [2.45, 2.75) is 26.4 Å². The van der Waals surface area contributed by atoms with Gasteiger partial charge >= 0.3 is 5.97 Å². The number of hydrogen-bond acceptors (Lipinski definition) is 7. The van der Waals surface area contributed by atoms with Crippen molar-refractivity contribution in [3.63, 3.8) is 0 Å². The Hall–Kier alpha value is -3.16. The number of para-hydroxylation sites is 1. The molecule has 2 aliphatic carbocycles. The average molecular weight is 412 g/mol. The van der Waals surface area contributed by atoms with Crippen molar-refractivity contribution in [2.75, 3.05) is 13.7 Å². The molecule has 1 saturated carbocycles. The number of methoxy groups -OCH3 is 1. The molecule has 8 nitrogen and oxygen atoms in total. The van der Waals surface area contributed by atoms with E-state index in [9.17, 15) is 14.4 Å². The molecule has 8 heteroatoms. The molecule has 1 aromatic rings. The number of allylic oxidation sites excluding steroid dienone is 2. The maximum atomic E-state index is 12.8. The molecule has 1 saturated heterocycles. The second-order valence-electron chi connectivity index (χ2n) is 7.94. The molecule has 3 aliphatic rings. The van der Waals surface area contributed by atoms with Gasteiger partial charge in [0, 0.05) is 5.56 Å². The highest BCUT2D eigenvalue weighted by Gasteiger charge is 2.59. The predicted octanol–water partition coefficient (Wildman–Crippen LogP) is 2.17. The van der Waals surface area contributed by atoms with Crippen molar-refractivity contribution >= 4 is 24.0 Å². The fraction of sp³-hybridized carbons (Fsp3) is 0.455. The number of esters is 1. The topological polar surface area (TPSA) is 94.5 Å². The second-order valence-corrected chi connectivity index (χ2v) is 7.94. The first-order valence-electron chi connectivity index (χ1n) is 10.00. The second kappa shape index (κ2) is 7.93. The minimum Gasteiger partial charge on any atom is -0.493 e. The summed E-state index contributed by atoms with van der Waals surface area (Å²) in [5.41, 5.74) is 0.477. The van der Waals surface area contributed by atoms with E-state index >= 15 is 0 Å². The van der Waals surface area contributed by atoms with Gasteiger partial charge in [-0.1, -0.05) is 18.2 Å². The number of imide groups is 1. The molecular formula is C22H24N2O6. The number of amides is 2. The quantitative estimate of drug-likeness (QED) is 0.295. The van der Waals surface area contributed by atoms with E-state index in [1.54, 1.807) is 32.0 Å². The Labute approximate surface area is 174 Å². The maximum absolute atomic E-state index is 12.8. The molecule has 158 valence electrons. The minimum atomic E-state index is -0.514. The fourth-order valence-corrected chi connectivity index (χ4v) is 4.50. The summed E-state index contributed by atoms with van der Waals surface area (Å²) >= 11 is 0.